The first kappa shape index (κ1) is 16.7. The SMILES string of the molecule is O=C(Nc1ccc(F)c(Cl)c1)C1CCCN1c1ncnc2ccccc12. The van der Waals surface area contributed by atoms with Crippen molar-refractivity contribution in [1.82, 2.24) is 9.97 Å². The molecular formula is C19H16ClFN4O. The Balaban J connectivity index is 1.61. The molecule has 1 N–H and O–H groups in total. The van der Waals surface area contributed by atoms with Crippen molar-refractivity contribution in [3.63, 3.8) is 0 Å². The number of nitrogens with zero attached hydrogens (tertiary/aromatic N) is 3. The topological polar surface area (TPSA) is 58.1 Å². The van der Waals surface area contributed by atoms with Crippen LogP contribution in [0.4, 0.5) is 15.9 Å². The quantitative estimate of drug-likeness (QED) is 0.756. The summed E-state index contributed by atoms with van der Waals surface area (Å²) in [7, 11) is 0. The average Bonchev–Trinajstić information content (AvgIpc) is 3.14. The highest BCUT2D eigenvalue weighted by molar-refractivity contribution is 6.31. The van der Waals surface area contributed by atoms with E-state index in [-0.39, 0.29) is 17.0 Å². The van der Waals surface area contributed by atoms with E-state index >= 15 is 0 Å². The second-order valence-corrected chi connectivity index (χ2v) is 6.59. The van der Waals surface area contributed by atoms with E-state index in [1.807, 2.05) is 29.2 Å². The monoisotopic (exact) mass is 370 g/mol. The molecule has 132 valence electrons. The number of halogens is 2. The van der Waals surface area contributed by atoms with Crippen molar-refractivity contribution in [2.75, 3.05) is 16.8 Å². The number of hydrogen-bond donors (Lipinski definition) is 1. The molecule has 0 aliphatic carbocycles. The fourth-order valence-corrected chi connectivity index (χ4v) is 3.49. The number of anilines is 2. The molecule has 4 rings (SSSR count). The molecular weight excluding hydrogens is 355 g/mol. The Morgan fingerprint density at radius 3 is 2.92 bits per heavy atom. The van der Waals surface area contributed by atoms with Crippen molar-refractivity contribution in [2.24, 2.45) is 0 Å². The molecule has 0 saturated carbocycles. The zero-order valence-corrected chi connectivity index (χ0v) is 14.6. The lowest BCUT2D eigenvalue weighted by Gasteiger charge is -2.25. The Morgan fingerprint density at radius 1 is 1.23 bits per heavy atom. The van der Waals surface area contributed by atoms with Gasteiger partial charge in [-0.15, -0.1) is 0 Å². The second kappa shape index (κ2) is 6.88. The van der Waals surface area contributed by atoms with Crippen LogP contribution in [-0.4, -0.2) is 28.5 Å². The number of aromatic nitrogens is 2. The van der Waals surface area contributed by atoms with Crippen LogP contribution < -0.4 is 10.2 Å². The van der Waals surface area contributed by atoms with E-state index < -0.39 is 5.82 Å². The van der Waals surface area contributed by atoms with Crippen LogP contribution in [0, 0.1) is 5.82 Å². The molecule has 3 aromatic rings. The highest BCUT2D eigenvalue weighted by Crippen LogP contribution is 2.30. The van der Waals surface area contributed by atoms with Crippen molar-refractivity contribution in [2.45, 2.75) is 18.9 Å². The summed E-state index contributed by atoms with van der Waals surface area (Å²) in [6, 6.07) is 11.5. The van der Waals surface area contributed by atoms with Crippen LogP contribution >= 0.6 is 11.6 Å². The van der Waals surface area contributed by atoms with Crippen molar-refractivity contribution in [3.05, 3.63) is 59.6 Å². The number of amides is 1. The number of carbonyl (C=O) groups is 1. The Bertz CT molecular complexity index is 975. The number of fused-ring (bicyclic) bond motifs is 1. The minimum absolute atomic E-state index is 0.0205. The van der Waals surface area contributed by atoms with Gasteiger partial charge < -0.3 is 10.2 Å². The van der Waals surface area contributed by atoms with Crippen molar-refractivity contribution < 1.29 is 9.18 Å². The highest BCUT2D eigenvalue weighted by Gasteiger charge is 2.32. The molecule has 2 aromatic carbocycles. The van der Waals surface area contributed by atoms with E-state index in [2.05, 4.69) is 15.3 Å². The molecule has 1 atom stereocenters. The maximum Gasteiger partial charge on any atom is 0.247 e. The lowest BCUT2D eigenvalue weighted by Crippen LogP contribution is -2.40. The van der Waals surface area contributed by atoms with Crippen LogP contribution in [0.1, 0.15) is 12.8 Å². The Hall–Kier alpha value is -2.73. The van der Waals surface area contributed by atoms with E-state index in [0.717, 1.165) is 36.1 Å². The van der Waals surface area contributed by atoms with E-state index in [9.17, 15) is 9.18 Å². The molecule has 1 aromatic heterocycles. The van der Waals surface area contributed by atoms with E-state index in [4.69, 9.17) is 11.6 Å². The number of rotatable bonds is 3. The smallest absolute Gasteiger partial charge is 0.247 e. The van der Waals surface area contributed by atoms with Gasteiger partial charge in [0.25, 0.3) is 0 Å². The molecule has 0 bridgehead atoms. The first-order valence-electron chi connectivity index (χ1n) is 8.36. The summed E-state index contributed by atoms with van der Waals surface area (Å²) in [5.41, 5.74) is 1.31. The zero-order chi connectivity index (χ0) is 18.1. The van der Waals surface area contributed by atoms with Gasteiger partial charge >= 0.3 is 0 Å². The van der Waals surface area contributed by atoms with Crippen LogP contribution in [0.25, 0.3) is 10.9 Å². The maximum absolute atomic E-state index is 13.3. The fraction of sp³-hybridized carbons (Fsp3) is 0.211. The molecule has 0 spiro atoms. The molecule has 26 heavy (non-hydrogen) atoms. The summed E-state index contributed by atoms with van der Waals surface area (Å²) in [6.45, 7) is 0.739. The Kier molecular flexibility index (Phi) is 4.42. The molecule has 7 heteroatoms. The number of para-hydroxylation sites is 1. The van der Waals surface area contributed by atoms with Gasteiger partial charge in [-0.25, -0.2) is 14.4 Å². The summed E-state index contributed by atoms with van der Waals surface area (Å²) in [5, 5.41) is 3.72. The predicted molar refractivity (Wildman–Crippen MR) is 99.9 cm³/mol. The van der Waals surface area contributed by atoms with Crippen molar-refractivity contribution >= 4 is 39.9 Å². The summed E-state index contributed by atoms with van der Waals surface area (Å²) < 4.78 is 13.3. The van der Waals surface area contributed by atoms with Gasteiger partial charge in [0, 0.05) is 17.6 Å². The standard InChI is InChI=1S/C19H16ClFN4O/c20-14-10-12(7-8-15(14)21)24-19(26)17-6-3-9-25(17)18-13-4-1-2-5-16(13)22-11-23-18/h1-2,4-5,7-8,10-11,17H,3,6,9H2,(H,24,26). The number of nitrogens with one attached hydrogen (secondary N) is 1. The molecule has 1 saturated heterocycles. The van der Waals surface area contributed by atoms with Crippen molar-refractivity contribution in [3.8, 4) is 0 Å². The first-order chi connectivity index (χ1) is 12.6. The van der Waals surface area contributed by atoms with Gasteiger partial charge in [0.2, 0.25) is 5.91 Å². The Labute approximate surface area is 154 Å². The van der Waals surface area contributed by atoms with Crippen molar-refractivity contribution in [1.29, 1.82) is 0 Å². The van der Waals surface area contributed by atoms with E-state index in [1.165, 1.54) is 24.5 Å². The van der Waals surface area contributed by atoms with E-state index in [0.29, 0.717) is 5.69 Å². The third-order valence-electron chi connectivity index (χ3n) is 4.54. The Morgan fingerprint density at radius 2 is 2.08 bits per heavy atom. The maximum atomic E-state index is 13.3. The van der Waals surface area contributed by atoms with Crippen LogP contribution in [0.2, 0.25) is 5.02 Å². The summed E-state index contributed by atoms with van der Waals surface area (Å²) in [5.74, 6) is 0.0814. The third kappa shape index (κ3) is 3.08. The van der Waals surface area contributed by atoms with E-state index in [1.54, 1.807) is 0 Å². The van der Waals surface area contributed by atoms with Crippen LogP contribution in [0.3, 0.4) is 0 Å². The summed E-state index contributed by atoms with van der Waals surface area (Å²) >= 11 is 5.79. The molecule has 5 nitrogen and oxygen atoms in total. The van der Waals surface area contributed by atoms with Gasteiger partial charge in [-0.2, -0.15) is 0 Å². The summed E-state index contributed by atoms with van der Waals surface area (Å²) in [4.78, 5) is 23.5. The normalized spacial score (nSPS) is 16.8. The number of hydrogen-bond acceptors (Lipinski definition) is 4. The highest BCUT2D eigenvalue weighted by atomic mass is 35.5. The third-order valence-corrected chi connectivity index (χ3v) is 4.83. The average molecular weight is 371 g/mol. The van der Waals surface area contributed by atoms with Gasteiger partial charge in [-0.1, -0.05) is 23.7 Å². The molecule has 1 aliphatic heterocycles. The molecule has 1 unspecified atom stereocenters. The molecule has 0 radical (unpaired) electrons. The lowest BCUT2D eigenvalue weighted by molar-refractivity contribution is -0.117. The molecule has 1 aliphatic rings. The minimum Gasteiger partial charge on any atom is -0.344 e. The number of benzene rings is 2. The predicted octanol–water partition coefficient (Wildman–Crippen LogP) is 4.03. The summed E-state index contributed by atoms with van der Waals surface area (Å²) in [6.07, 6.45) is 3.13. The molecule has 1 fully saturated rings. The van der Waals surface area contributed by atoms with Gasteiger partial charge in [0.1, 0.15) is 24.0 Å². The van der Waals surface area contributed by atoms with Crippen LogP contribution in [0.15, 0.2) is 48.8 Å². The molecule has 1 amide bonds. The van der Waals surface area contributed by atoms with Gasteiger partial charge in [0.15, 0.2) is 0 Å². The van der Waals surface area contributed by atoms with Gasteiger partial charge in [-0.3, -0.25) is 4.79 Å². The van der Waals surface area contributed by atoms with Gasteiger partial charge in [0.05, 0.1) is 10.5 Å². The lowest BCUT2D eigenvalue weighted by atomic mass is 10.1. The van der Waals surface area contributed by atoms with Crippen LogP contribution in [0.5, 0.6) is 0 Å². The first-order valence-corrected chi connectivity index (χ1v) is 8.73. The largest absolute Gasteiger partial charge is 0.344 e. The fourth-order valence-electron chi connectivity index (χ4n) is 3.31. The second-order valence-electron chi connectivity index (χ2n) is 6.18. The van der Waals surface area contributed by atoms with Crippen LogP contribution in [-0.2, 0) is 4.79 Å². The minimum atomic E-state index is -0.514. The van der Waals surface area contributed by atoms with Gasteiger partial charge in [-0.05, 0) is 43.2 Å². The molecule has 2 heterocycles. The number of carbonyl (C=O) groups excluding carboxylic acids is 1. The zero-order valence-electron chi connectivity index (χ0n) is 13.8.